The fourth-order valence-corrected chi connectivity index (χ4v) is 3.04. The van der Waals surface area contributed by atoms with Gasteiger partial charge in [0.1, 0.15) is 0 Å². The Morgan fingerprint density at radius 3 is 2.42 bits per heavy atom. The predicted molar refractivity (Wildman–Crippen MR) is 114 cm³/mol. The molecule has 0 saturated carbocycles. The molecule has 0 aliphatic heterocycles. The molecule has 132 valence electrons. The van der Waals surface area contributed by atoms with Crippen molar-refractivity contribution in [3.8, 4) is 12.3 Å². The quantitative estimate of drug-likeness (QED) is 0.524. The summed E-state index contributed by atoms with van der Waals surface area (Å²) in [5, 5.41) is 0. The lowest BCUT2D eigenvalue weighted by molar-refractivity contribution is 0.696. The second-order valence-electron chi connectivity index (χ2n) is 6.42. The molecule has 2 aromatic rings. The van der Waals surface area contributed by atoms with Crippen molar-refractivity contribution in [2.75, 3.05) is 0 Å². The van der Waals surface area contributed by atoms with Crippen LogP contribution in [0.15, 0.2) is 84.5 Å². The van der Waals surface area contributed by atoms with E-state index in [4.69, 9.17) is 12.2 Å². The zero-order valence-corrected chi connectivity index (χ0v) is 15.7. The smallest absolute Gasteiger partial charge is 0.0310 e. The van der Waals surface area contributed by atoms with E-state index in [0.29, 0.717) is 0 Å². The predicted octanol–water partition coefficient (Wildman–Crippen LogP) is 5.47. The number of hydrogen-bond donors (Lipinski definition) is 1. The minimum Gasteiger partial charge on any atom is -0.324 e. The van der Waals surface area contributed by atoms with Gasteiger partial charge < -0.3 is 5.73 Å². The van der Waals surface area contributed by atoms with E-state index in [1.807, 2.05) is 37.3 Å². The molecule has 0 bridgehead atoms. The summed E-state index contributed by atoms with van der Waals surface area (Å²) in [6.45, 7) is 8.28. The van der Waals surface area contributed by atoms with E-state index in [-0.39, 0.29) is 6.04 Å². The Hall–Kier alpha value is -2.82. The Balaban J connectivity index is 2.27. The summed E-state index contributed by atoms with van der Waals surface area (Å²) in [5.74, 6) is 2.77. The van der Waals surface area contributed by atoms with E-state index in [2.05, 4.69) is 55.8 Å². The molecule has 26 heavy (non-hydrogen) atoms. The van der Waals surface area contributed by atoms with Crippen LogP contribution in [0.1, 0.15) is 30.0 Å². The molecule has 0 saturated heterocycles. The van der Waals surface area contributed by atoms with Crippen molar-refractivity contribution < 1.29 is 0 Å². The highest BCUT2D eigenvalue weighted by atomic mass is 14.6. The highest BCUT2D eigenvalue weighted by Crippen LogP contribution is 2.24. The minimum absolute atomic E-state index is 0.141. The van der Waals surface area contributed by atoms with Crippen LogP contribution in [0.2, 0.25) is 0 Å². The maximum absolute atomic E-state index is 6.54. The van der Waals surface area contributed by atoms with E-state index in [9.17, 15) is 0 Å². The summed E-state index contributed by atoms with van der Waals surface area (Å²) in [4.78, 5) is 0. The first-order valence-electron chi connectivity index (χ1n) is 8.96. The molecule has 0 aliphatic carbocycles. The number of nitrogens with two attached hydrogens (primary N) is 1. The van der Waals surface area contributed by atoms with Gasteiger partial charge in [0.15, 0.2) is 0 Å². The summed E-state index contributed by atoms with van der Waals surface area (Å²) in [5.41, 5.74) is 12.9. The van der Waals surface area contributed by atoms with Crippen molar-refractivity contribution in [1.29, 1.82) is 0 Å². The van der Waals surface area contributed by atoms with Gasteiger partial charge >= 0.3 is 0 Å². The molecule has 0 amide bonds. The highest BCUT2D eigenvalue weighted by molar-refractivity contribution is 5.76. The first-order chi connectivity index (χ1) is 12.6. The van der Waals surface area contributed by atoms with Gasteiger partial charge in [-0.25, -0.2) is 0 Å². The standard InChI is InChI=1S/C25H27N/c1-5-22(6-2)24(18-20(4)23-15-11-10-12-19(23)3)25(26)17-16-21-13-8-7-9-14-21/h1,6-15,18,25H,4,16-17,26H2,2-3H3/b22-6-,24-18+. The van der Waals surface area contributed by atoms with Gasteiger partial charge in [-0.05, 0) is 60.6 Å². The van der Waals surface area contributed by atoms with Crippen LogP contribution in [0.3, 0.4) is 0 Å². The van der Waals surface area contributed by atoms with Gasteiger partial charge in [-0.3, -0.25) is 0 Å². The Bertz CT molecular complexity index is 847. The number of rotatable bonds is 7. The van der Waals surface area contributed by atoms with E-state index < -0.39 is 0 Å². The monoisotopic (exact) mass is 341 g/mol. The number of hydrogen-bond acceptors (Lipinski definition) is 1. The van der Waals surface area contributed by atoms with Gasteiger partial charge in [0.05, 0.1) is 0 Å². The molecule has 0 heterocycles. The van der Waals surface area contributed by atoms with Gasteiger partial charge in [0.2, 0.25) is 0 Å². The maximum Gasteiger partial charge on any atom is 0.0310 e. The third-order valence-electron chi connectivity index (χ3n) is 4.56. The van der Waals surface area contributed by atoms with Crippen molar-refractivity contribution in [1.82, 2.24) is 0 Å². The van der Waals surface area contributed by atoms with Gasteiger partial charge in [0, 0.05) is 11.6 Å². The molecule has 0 radical (unpaired) electrons. The average Bonchev–Trinajstić information content (AvgIpc) is 2.67. The molecule has 0 fully saturated rings. The summed E-state index contributed by atoms with van der Waals surface area (Å²) in [6.07, 6.45) is 11.5. The molecule has 1 unspecified atom stereocenters. The van der Waals surface area contributed by atoms with Crippen LogP contribution in [-0.2, 0) is 6.42 Å². The fourth-order valence-electron chi connectivity index (χ4n) is 3.04. The molecular weight excluding hydrogens is 314 g/mol. The van der Waals surface area contributed by atoms with Crippen LogP contribution in [0.25, 0.3) is 5.57 Å². The topological polar surface area (TPSA) is 26.0 Å². The summed E-state index contributed by atoms with van der Waals surface area (Å²) in [6, 6.07) is 18.4. The largest absolute Gasteiger partial charge is 0.324 e. The SMILES string of the molecule is C#CC(=C/C)/C(=C\C(=C)c1ccccc1C)C(N)CCc1ccccc1. The average molecular weight is 341 g/mol. The Labute approximate surface area is 158 Å². The Morgan fingerprint density at radius 2 is 1.81 bits per heavy atom. The molecular formula is C25H27N. The van der Waals surface area contributed by atoms with Crippen molar-refractivity contribution in [3.05, 3.63) is 101 Å². The molecule has 2 rings (SSSR count). The van der Waals surface area contributed by atoms with Gasteiger partial charge in [-0.1, -0.05) is 73.2 Å². The van der Waals surface area contributed by atoms with E-state index in [1.54, 1.807) is 0 Å². The molecule has 2 N–H and O–H groups in total. The van der Waals surface area contributed by atoms with Crippen LogP contribution in [0.5, 0.6) is 0 Å². The normalized spacial score (nSPS) is 13.2. The number of aryl methyl sites for hydroxylation is 2. The molecule has 1 nitrogen and oxygen atoms in total. The lowest BCUT2D eigenvalue weighted by Crippen LogP contribution is -2.24. The van der Waals surface area contributed by atoms with E-state index in [1.165, 1.54) is 11.1 Å². The molecule has 0 aromatic heterocycles. The second-order valence-corrected chi connectivity index (χ2v) is 6.42. The number of terminal acetylenes is 1. The zero-order chi connectivity index (χ0) is 18.9. The van der Waals surface area contributed by atoms with Crippen LogP contribution in [0, 0.1) is 19.3 Å². The molecule has 1 atom stereocenters. The van der Waals surface area contributed by atoms with Gasteiger partial charge in [-0.15, -0.1) is 6.42 Å². The highest BCUT2D eigenvalue weighted by Gasteiger charge is 2.14. The second kappa shape index (κ2) is 9.61. The first-order valence-corrected chi connectivity index (χ1v) is 8.96. The third-order valence-corrected chi connectivity index (χ3v) is 4.56. The molecule has 2 aromatic carbocycles. The van der Waals surface area contributed by atoms with Crippen LogP contribution in [0.4, 0.5) is 0 Å². The van der Waals surface area contributed by atoms with E-state index >= 15 is 0 Å². The zero-order valence-electron chi connectivity index (χ0n) is 15.7. The van der Waals surface area contributed by atoms with Crippen LogP contribution < -0.4 is 5.73 Å². The third kappa shape index (κ3) is 5.09. The molecule has 0 aliphatic rings. The first kappa shape index (κ1) is 19.5. The lowest BCUT2D eigenvalue weighted by Gasteiger charge is -2.18. The number of benzene rings is 2. The molecule has 1 heteroatoms. The summed E-state index contributed by atoms with van der Waals surface area (Å²) >= 11 is 0. The van der Waals surface area contributed by atoms with Crippen LogP contribution >= 0.6 is 0 Å². The Morgan fingerprint density at radius 1 is 1.15 bits per heavy atom. The fraction of sp³-hybridized carbons (Fsp3) is 0.200. The van der Waals surface area contributed by atoms with Crippen molar-refractivity contribution >= 4 is 5.57 Å². The minimum atomic E-state index is -0.141. The van der Waals surface area contributed by atoms with Crippen molar-refractivity contribution in [2.24, 2.45) is 5.73 Å². The summed E-state index contributed by atoms with van der Waals surface area (Å²) in [7, 11) is 0. The van der Waals surface area contributed by atoms with Crippen LogP contribution in [-0.4, -0.2) is 6.04 Å². The lowest BCUT2D eigenvalue weighted by atomic mass is 9.90. The maximum atomic E-state index is 6.54. The number of allylic oxidation sites excluding steroid dienone is 3. The van der Waals surface area contributed by atoms with Crippen molar-refractivity contribution in [2.45, 2.75) is 32.7 Å². The van der Waals surface area contributed by atoms with E-state index in [0.717, 1.165) is 35.1 Å². The van der Waals surface area contributed by atoms with Gasteiger partial charge in [0.25, 0.3) is 0 Å². The molecule has 0 spiro atoms. The Kier molecular flexibility index (Phi) is 7.21. The summed E-state index contributed by atoms with van der Waals surface area (Å²) < 4.78 is 0. The van der Waals surface area contributed by atoms with Gasteiger partial charge in [-0.2, -0.15) is 0 Å². The van der Waals surface area contributed by atoms with Crippen molar-refractivity contribution in [3.63, 3.8) is 0 Å².